The second kappa shape index (κ2) is 6.11. The summed E-state index contributed by atoms with van der Waals surface area (Å²) in [5, 5.41) is 4.35. The first-order valence-corrected chi connectivity index (χ1v) is 8.40. The minimum atomic E-state index is -0.238. The molecule has 2 saturated heterocycles. The quantitative estimate of drug-likeness (QED) is 0.791. The van der Waals surface area contributed by atoms with Gasteiger partial charge in [0.2, 0.25) is 0 Å². The second-order valence-electron chi connectivity index (χ2n) is 6.34. The van der Waals surface area contributed by atoms with Gasteiger partial charge < -0.3 is 4.90 Å². The molecule has 0 spiro atoms. The molecule has 3 amide bonds. The summed E-state index contributed by atoms with van der Waals surface area (Å²) in [6.45, 7) is 1.73. The maximum absolute atomic E-state index is 12.4. The molecular formula is C18H20N4O2. The van der Waals surface area contributed by atoms with E-state index in [9.17, 15) is 9.59 Å². The van der Waals surface area contributed by atoms with Gasteiger partial charge in [-0.25, -0.2) is 4.79 Å². The number of fused-ring (bicyclic) bond motifs is 1. The average Bonchev–Trinajstić information content (AvgIpc) is 3.30. The topological polar surface area (TPSA) is 58.4 Å². The fourth-order valence-electron chi connectivity index (χ4n) is 3.56. The number of urea groups is 1. The molecule has 6 nitrogen and oxygen atoms in total. The van der Waals surface area contributed by atoms with Gasteiger partial charge in [0, 0.05) is 19.3 Å². The molecule has 1 aromatic carbocycles. The second-order valence-corrected chi connectivity index (χ2v) is 6.34. The number of aryl methyl sites for hydroxylation is 2. The van der Waals surface area contributed by atoms with Crippen LogP contribution in [-0.2, 0) is 24.3 Å². The maximum Gasteiger partial charge on any atom is 0.327 e. The van der Waals surface area contributed by atoms with Crippen molar-refractivity contribution in [1.82, 2.24) is 19.6 Å². The number of hydrogen-bond donors (Lipinski definition) is 0. The average molecular weight is 324 g/mol. The lowest BCUT2D eigenvalue weighted by Gasteiger charge is -2.16. The summed E-state index contributed by atoms with van der Waals surface area (Å²) in [5.41, 5.74) is 2.14. The molecule has 124 valence electrons. The molecule has 4 rings (SSSR count). The molecule has 0 N–H and O–H groups in total. The van der Waals surface area contributed by atoms with Gasteiger partial charge >= 0.3 is 6.03 Å². The van der Waals surface area contributed by atoms with E-state index >= 15 is 0 Å². The van der Waals surface area contributed by atoms with Crippen LogP contribution in [0.25, 0.3) is 0 Å². The van der Waals surface area contributed by atoms with E-state index in [1.807, 2.05) is 28.9 Å². The summed E-state index contributed by atoms with van der Waals surface area (Å²) in [6, 6.07) is 11.7. The Morgan fingerprint density at radius 1 is 1.12 bits per heavy atom. The zero-order valence-corrected chi connectivity index (χ0v) is 13.5. The van der Waals surface area contributed by atoms with Crippen molar-refractivity contribution < 1.29 is 9.59 Å². The van der Waals surface area contributed by atoms with Gasteiger partial charge in [-0.2, -0.15) is 5.10 Å². The fourth-order valence-corrected chi connectivity index (χ4v) is 3.56. The first kappa shape index (κ1) is 14.9. The van der Waals surface area contributed by atoms with Gasteiger partial charge in [0.05, 0.1) is 12.2 Å². The molecule has 3 heterocycles. The Bertz CT molecular complexity index is 733. The van der Waals surface area contributed by atoms with Gasteiger partial charge in [0.15, 0.2) is 0 Å². The Morgan fingerprint density at radius 2 is 1.96 bits per heavy atom. The molecule has 2 aliphatic heterocycles. The van der Waals surface area contributed by atoms with E-state index in [1.54, 1.807) is 11.1 Å². The predicted octanol–water partition coefficient (Wildman–Crippen LogP) is 2.05. The van der Waals surface area contributed by atoms with E-state index < -0.39 is 0 Å². The van der Waals surface area contributed by atoms with Crippen LogP contribution in [0.2, 0.25) is 0 Å². The van der Waals surface area contributed by atoms with Crippen LogP contribution in [0.3, 0.4) is 0 Å². The van der Waals surface area contributed by atoms with E-state index in [0.29, 0.717) is 13.1 Å². The Morgan fingerprint density at radius 3 is 2.75 bits per heavy atom. The monoisotopic (exact) mass is 324 g/mol. The van der Waals surface area contributed by atoms with Crippen molar-refractivity contribution in [3.05, 3.63) is 53.9 Å². The normalized spacial score (nSPS) is 20.1. The third-order valence-corrected chi connectivity index (χ3v) is 4.86. The number of nitrogens with zero attached hydrogens (tertiary/aromatic N) is 4. The van der Waals surface area contributed by atoms with E-state index in [0.717, 1.165) is 31.5 Å². The van der Waals surface area contributed by atoms with E-state index in [-0.39, 0.29) is 18.0 Å². The van der Waals surface area contributed by atoms with Crippen LogP contribution in [0.4, 0.5) is 4.79 Å². The number of carbonyl (C=O) groups is 2. The predicted molar refractivity (Wildman–Crippen MR) is 88.0 cm³/mol. The Labute approximate surface area is 140 Å². The van der Waals surface area contributed by atoms with Crippen molar-refractivity contribution in [2.24, 2.45) is 0 Å². The highest BCUT2D eigenvalue weighted by molar-refractivity contribution is 6.04. The van der Waals surface area contributed by atoms with Crippen LogP contribution in [0, 0.1) is 0 Å². The summed E-state index contributed by atoms with van der Waals surface area (Å²) in [6.07, 6.45) is 4.30. The molecule has 2 aliphatic rings. The highest BCUT2D eigenvalue weighted by Crippen LogP contribution is 2.28. The third-order valence-electron chi connectivity index (χ3n) is 4.86. The molecule has 0 bridgehead atoms. The zero-order chi connectivity index (χ0) is 16.5. The number of carbonyl (C=O) groups excluding carboxylic acids is 2. The summed E-state index contributed by atoms with van der Waals surface area (Å²) >= 11 is 0. The van der Waals surface area contributed by atoms with Crippen LogP contribution >= 0.6 is 0 Å². The minimum Gasteiger partial charge on any atom is -0.312 e. The number of imide groups is 1. The summed E-state index contributed by atoms with van der Waals surface area (Å²) in [5.74, 6) is -0.0618. The highest BCUT2D eigenvalue weighted by Gasteiger charge is 2.47. The molecule has 24 heavy (non-hydrogen) atoms. The number of benzene rings is 1. The smallest absolute Gasteiger partial charge is 0.312 e. The van der Waals surface area contributed by atoms with Gasteiger partial charge in [-0.1, -0.05) is 30.3 Å². The lowest BCUT2D eigenvalue weighted by molar-refractivity contribution is -0.128. The van der Waals surface area contributed by atoms with Crippen LogP contribution < -0.4 is 0 Å². The summed E-state index contributed by atoms with van der Waals surface area (Å²) < 4.78 is 1.89. The Kier molecular flexibility index (Phi) is 3.80. The highest BCUT2D eigenvalue weighted by atomic mass is 16.2. The van der Waals surface area contributed by atoms with Gasteiger partial charge in [-0.15, -0.1) is 0 Å². The number of hydrogen-bond acceptors (Lipinski definition) is 3. The van der Waals surface area contributed by atoms with Gasteiger partial charge in [-0.05, 0) is 30.9 Å². The molecule has 1 aromatic heterocycles. The SMILES string of the molecule is O=C1[C@@H]2CCCN2C(=O)N1Cc1ccnn1CCc1ccccc1. The van der Waals surface area contributed by atoms with Gasteiger partial charge in [0.1, 0.15) is 6.04 Å². The van der Waals surface area contributed by atoms with Crippen LogP contribution in [0.5, 0.6) is 0 Å². The first-order chi connectivity index (χ1) is 11.7. The largest absolute Gasteiger partial charge is 0.327 e. The van der Waals surface area contributed by atoms with Gasteiger partial charge in [0.25, 0.3) is 5.91 Å². The van der Waals surface area contributed by atoms with Crippen molar-refractivity contribution in [1.29, 1.82) is 0 Å². The van der Waals surface area contributed by atoms with E-state index in [2.05, 4.69) is 17.2 Å². The first-order valence-electron chi connectivity index (χ1n) is 8.40. The maximum atomic E-state index is 12.4. The molecule has 6 heteroatoms. The molecule has 0 aliphatic carbocycles. The van der Waals surface area contributed by atoms with Crippen molar-refractivity contribution in [2.45, 2.75) is 38.4 Å². The minimum absolute atomic E-state index is 0.0618. The zero-order valence-electron chi connectivity index (χ0n) is 13.5. The summed E-state index contributed by atoms with van der Waals surface area (Å²) in [7, 11) is 0. The standard InChI is InChI=1S/C18H20N4O2/c23-17-16-7-4-11-20(16)18(24)21(17)13-15-8-10-19-22(15)12-9-14-5-2-1-3-6-14/h1-3,5-6,8,10,16H,4,7,9,11-13H2/t16-/m0/s1. The van der Waals surface area contributed by atoms with Gasteiger partial charge in [-0.3, -0.25) is 14.4 Å². The Balaban J connectivity index is 1.45. The van der Waals surface area contributed by atoms with Crippen molar-refractivity contribution in [3.8, 4) is 0 Å². The van der Waals surface area contributed by atoms with Crippen molar-refractivity contribution >= 4 is 11.9 Å². The number of aromatic nitrogens is 2. The molecule has 0 saturated carbocycles. The van der Waals surface area contributed by atoms with E-state index in [4.69, 9.17) is 0 Å². The molecule has 0 radical (unpaired) electrons. The van der Waals surface area contributed by atoms with Crippen LogP contribution in [-0.4, -0.2) is 44.1 Å². The molecular weight excluding hydrogens is 304 g/mol. The van der Waals surface area contributed by atoms with Crippen molar-refractivity contribution in [2.75, 3.05) is 6.54 Å². The fraction of sp³-hybridized carbons (Fsp3) is 0.389. The molecule has 0 unspecified atom stereocenters. The van der Waals surface area contributed by atoms with E-state index in [1.165, 1.54) is 10.5 Å². The number of rotatable bonds is 5. The summed E-state index contributed by atoms with van der Waals surface area (Å²) in [4.78, 5) is 27.9. The molecule has 2 fully saturated rings. The lowest BCUT2D eigenvalue weighted by atomic mass is 10.1. The van der Waals surface area contributed by atoms with Crippen molar-refractivity contribution in [3.63, 3.8) is 0 Å². The third kappa shape index (κ3) is 2.58. The molecule has 2 aromatic rings. The van der Waals surface area contributed by atoms with Crippen LogP contribution in [0.15, 0.2) is 42.6 Å². The number of amides is 3. The van der Waals surface area contributed by atoms with Crippen LogP contribution in [0.1, 0.15) is 24.1 Å². The molecule has 1 atom stereocenters. The lowest BCUT2D eigenvalue weighted by Crippen LogP contribution is -2.33. The Hall–Kier alpha value is -2.63.